The van der Waals surface area contributed by atoms with Crippen LogP contribution in [-0.4, -0.2) is 24.5 Å². The van der Waals surface area contributed by atoms with E-state index in [0.29, 0.717) is 24.4 Å². The van der Waals surface area contributed by atoms with Crippen molar-refractivity contribution in [2.75, 3.05) is 13.6 Å². The Bertz CT molecular complexity index is 247. The topological polar surface area (TPSA) is 29.3 Å². The van der Waals surface area contributed by atoms with Gasteiger partial charge in [-0.05, 0) is 31.2 Å². The summed E-state index contributed by atoms with van der Waals surface area (Å²) in [5.41, 5.74) is 6.80. The smallest absolute Gasteiger partial charge is 0.0339 e. The highest BCUT2D eigenvalue weighted by Gasteiger charge is 2.28. The third-order valence-corrected chi connectivity index (χ3v) is 4.08. The van der Waals surface area contributed by atoms with Crippen molar-refractivity contribution in [2.24, 2.45) is 17.6 Å². The van der Waals surface area contributed by atoms with Crippen LogP contribution in [0.3, 0.4) is 0 Å². The third-order valence-electron chi connectivity index (χ3n) is 4.08. The Morgan fingerprint density at radius 2 is 1.94 bits per heavy atom. The lowest BCUT2D eigenvalue weighted by molar-refractivity contribution is 0.146. The molecule has 0 aromatic heterocycles. The molecule has 2 heteroatoms. The molecule has 3 unspecified atom stereocenters. The van der Waals surface area contributed by atoms with Crippen LogP contribution in [0.2, 0.25) is 0 Å². The lowest BCUT2D eigenvalue weighted by atomic mass is 9.82. The summed E-state index contributed by atoms with van der Waals surface area (Å²) in [7, 11) is 2.17. The Morgan fingerprint density at radius 1 is 1.33 bits per heavy atom. The Hall–Kier alpha value is -0.760. The van der Waals surface area contributed by atoms with Crippen molar-refractivity contribution in [3.63, 3.8) is 0 Å². The predicted molar refractivity (Wildman–Crippen MR) is 82.4 cm³/mol. The highest BCUT2D eigenvalue weighted by atomic mass is 15.1. The molecule has 3 atom stereocenters. The molecule has 0 aliphatic carbocycles. The molecule has 0 spiro atoms. The van der Waals surface area contributed by atoms with E-state index in [2.05, 4.69) is 45.9 Å². The maximum Gasteiger partial charge on any atom is 0.0339 e. The normalized spacial score (nSPS) is 15.8. The summed E-state index contributed by atoms with van der Waals surface area (Å²) in [6, 6.07) is 0.539. The fraction of sp³-hybridized carbons (Fsp3) is 0.750. The fourth-order valence-electron chi connectivity index (χ4n) is 2.72. The fourth-order valence-corrected chi connectivity index (χ4v) is 2.72. The van der Waals surface area contributed by atoms with Gasteiger partial charge in [0.15, 0.2) is 0 Å². The van der Waals surface area contributed by atoms with Gasteiger partial charge >= 0.3 is 0 Å². The molecule has 0 aliphatic heterocycles. The highest BCUT2D eigenvalue weighted by Crippen LogP contribution is 2.29. The minimum absolute atomic E-state index is 0.539. The molecule has 0 saturated heterocycles. The zero-order valence-electron chi connectivity index (χ0n) is 12.8. The van der Waals surface area contributed by atoms with Crippen molar-refractivity contribution in [1.82, 2.24) is 4.90 Å². The summed E-state index contributed by atoms with van der Waals surface area (Å²) in [4.78, 5) is 2.36. The van der Waals surface area contributed by atoms with E-state index in [9.17, 15) is 0 Å². The number of rotatable bonds is 10. The van der Waals surface area contributed by atoms with E-state index in [1.807, 2.05) is 6.08 Å². The van der Waals surface area contributed by atoms with E-state index in [4.69, 9.17) is 5.73 Å². The largest absolute Gasteiger partial charge is 0.375 e. The molecular formula is C16H32N2. The SMILES string of the molecule is C=CCC(CC)C(C(C)CC)N(C)C(=C)CCN. The molecule has 18 heavy (non-hydrogen) atoms. The molecule has 0 amide bonds. The molecule has 0 aliphatic rings. The van der Waals surface area contributed by atoms with Gasteiger partial charge < -0.3 is 10.6 Å². The van der Waals surface area contributed by atoms with Crippen molar-refractivity contribution >= 4 is 0 Å². The van der Waals surface area contributed by atoms with Crippen LogP contribution in [0.4, 0.5) is 0 Å². The molecule has 0 aromatic carbocycles. The van der Waals surface area contributed by atoms with Crippen molar-refractivity contribution in [3.05, 3.63) is 24.9 Å². The summed E-state index contributed by atoms with van der Waals surface area (Å²) in [6.07, 6.45) is 6.38. The van der Waals surface area contributed by atoms with Gasteiger partial charge in [0.05, 0.1) is 0 Å². The average molecular weight is 252 g/mol. The van der Waals surface area contributed by atoms with Crippen LogP contribution in [0.15, 0.2) is 24.9 Å². The van der Waals surface area contributed by atoms with Crippen molar-refractivity contribution < 1.29 is 0 Å². The molecule has 106 valence electrons. The Balaban J connectivity index is 4.95. The van der Waals surface area contributed by atoms with Crippen LogP contribution < -0.4 is 5.73 Å². The molecule has 0 bridgehead atoms. The van der Waals surface area contributed by atoms with Gasteiger partial charge in [-0.25, -0.2) is 0 Å². The first kappa shape index (κ1) is 17.2. The average Bonchev–Trinajstić information content (AvgIpc) is 2.37. The van der Waals surface area contributed by atoms with Gasteiger partial charge in [-0.15, -0.1) is 6.58 Å². The molecule has 2 N–H and O–H groups in total. The Labute approximate surface area is 114 Å². The molecule has 0 aromatic rings. The van der Waals surface area contributed by atoms with Crippen LogP contribution >= 0.6 is 0 Å². The Kier molecular flexibility index (Phi) is 8.82. The van der Waals surface area contributed by atoms with E-state index in [1.165, 1.54) is 12.8 Å². The van der Waals surface area contributed by atoms with Gasteiger partial charge in [0.1, 0.15) is 0 Å². The summed E-state index contributed by atoms with van der Waals surface area (Å²) in [5.74, 6) is 1.31. The number of nitrogens with two attached hydrogens (primary N) is 1. The van der Waals surface area contributed by atoms with Gasteiger partial charge in [0.2, 0.25) is 0 Å². The summed E-state index contributed by atoms with van der Waals surface area (Å²) >= 11 is 0. The molecule has 0 fully saturated rings. The van der Waals surface area contributed by atoms with E-state index < -0.39 is 0 Å². The Morgan fingerprint density at radius 3 is 2.33 bits per heavy atom. The second-order valence-corrected chi connectivity index (χ2v) is 5.28. The molecule has 0 saturated carbocycles. The van der Waals surface area contributed by atoms with E-state index in [0.717, 1.165) is 18.5 Å². The van der Waals surface area contributed by atoms with Gasteiger partial charge in [-0.3, -0.25) is 0 Å². The monoisotopic (exact) mass is 252 g/mol. The number of hydrogen-bond donors (Lipinski definition) is 1. The van der Waals surface area contributed by atoms with Crippen LogP contribution in [-0.2, 0) is 0 Å². The number of nitrogens with zero attached hydrogens (tertiary/aromatic N) is 1. The van der Waals surface area contributed by atoms with Crippen LogP contribution in [0, 0.1) is 11.8 Å². The van der Waals surface area contributed by atoms with E-state index in [1.54, 1.807) is 0 Å². The zero-order valence-corrected chi connectivity index (χ0v) is 12.8. The lowest BCUT2D eigenvalue weighted by Gasteiger charge is -2.40. The molecule has 2 nitrogen and oxygen atoms in total. The first-order chi connectivity index (χ1) is 8.53. The van der Waals surface area contributed by atoms with Crippen molar-refractivity contribution in [3.8, 4) is 0 Å². The van der Waals surface area contributed by atoms with Crippen molar-refractivity contribution in [2.45, 2.75) is 52.5 Å². The van der Waals surface area contributed by atoms with Crippen LogP contribution in [0.25, 0.3) is 0 Å². The molecule has 0 rings (SSSR count). The van der Waals surface area contributed by atoms with Gasteiger partial charge in [-0.1, -0.05) is 46.3 Å². The maximum absolute atomic E-state index is 5.64. The quantitative estimate of drug-likeness (QED) is 0.599. The van der Waals surface area contributed by atoms with Crippen LogP contribution in [0.1, 0.15) is 46.5 Å². The summed E-state index contributed by atoms with van der Waals surface area (Å²) < 4.78 is 0. The minimum atomic E-state index is 0.539. The molecular weight excluding hydrogens is 220 g/mol. The van der Waals surface area contributed by atoms with E-state index in [-0.39, 0.29) is 0 Å². The standard InChI is InChI=1S/C16H32N2/c1-7-10-15(9-3)16(13(4)8-2)18(6)14(5)11-12-17/h7,13,15-16H,1,5,8-12,17H2,2-4,6H3. The first-order valence-corrected chi connectivity index (χ1v) is 7.24. The molecule has 0 heterocycles. The van der Waals surface area contributed by atoms with E-state index >= 15 is 0 Å². The number of hydrogen-bond acceptors (Lipinski definition) is 2. The maximum atomic E-state index is 5.64. The predicted octanol–water partition coefficient (Wildman–Crippen LogP) is 3.80. The van der Waals surface area contributed by atoms with Gasteiger partial charge in [0.25, 0.3) is 0 Å². The second-order valence-electron chi connectivity index (χ2n) is 5.28. The zero-order chi connectivity index (χ0) is 14.1. The third kappa shape index (κ3) is 4.85. The lowest BCUT2D eigenvalue weighted by Crippen LogP contribution is -2.42. The number of allylic oxidation sites excluding steroid dienone is 1. The van der Waals surface area contributed by atoms with Gasteiger partial charge in [-0.2, -0.15) is 0 Å². The first-order valence-electron chi connectivity index (χ1n) is 7.24. The van der Waals surface area contributed by atoms with Gasteiger partial charge in [0, 0.05) is 18.8 Å². The second kappa shape index (κ2) is 9.21. The summed E-state index contributed by atoms with van der Waals surface area (Å²) in [6.45, 7) is 15.6. The highest BCUT2D eigenvalue weighted by molar-refractivity contribution is 4.99. The van der Waals surface area contributed by atoms with Crippen molar-refractivity contribution in [1.29, 1.82) is 0 Å². The molecule has 0 radical (unpaired) electrons. The summed E-state index contributed by atoms with van der Waals surface area (Å²) in [5, 5.41) is 0. The minimum Gasteiger partial charge on any atom is -0.375 e. The van der Waals surface area contributed by atoms with Crippen LogP contribution in [0.5, 0.6) is 0 Å².